The van der Waals surface area contributed by atoms with Gasteiger partial charge in [-0.25, -0.2) is 0 Å². The maximum atomic E-state index is 6.60. The molecule has 0 saturated heterocycles. The van der Waals surface area contributed by atoms with Gasteiger partial charge < -0.3 is 10.6 Å². The molecule has 0 aromatic heterocycles. The van der Waals surface area contributed by atoms with Gasteiger partial charge in [0.15, 0.2) is 0 Å². The molecule has 0 saturated carbocycles. The summed E-state index contributed by atoms with van der Waals surface area (Å²) in [6, 6.07) is 8.61. The summed E-state index contributed by atoms with van der Waals surface area (Å²) < 4.78 is 0. The maximum absolute atomic E-state index is 6.60. The standard InChI is InChI=1S/C16H20N.C4H10N.2ClH.Ti/c1-4-14-7-5-6-8-16(14)15-10-9-13(11-15)12-17(2)3;1-2-3-4-5;;;/h4-9,11H,10,12H2,1-3H3;5H,2-4H2,1H3;2*1H;/q2*-1;;;+2. The first-order chi connectivity index (χ1) is 10.6. The molecule has 1 aliphatic carbocycles. The van der Waals surface area contributed by atoms with Crippen molar-refractivity contribution in [2.24, 2.45) is 0 Å². The Balaban J connectivity index is -0.000000539. The number of nitrogens with one attached hydrogen (secondary N) is 1. The van der Waals surface area contributed by atoms with E-state index < -0.39 is 0 Å². The SMILES string of the molecule is CCCC[NH-].C[CH-]c1ccccc1C1=CC(CN(C)C)=CC1.Cl.Cl.[Ti+2]. The van der Waals surface area contributed by atoms with E-state index in [4.69, 9.17) is 5.73 Å². The predicted octanol–water partition coefficient (Wildman–Crippen LogP) is 6.21. The number of hydrogen-bond donors (Lipinski definition) is 0. The van der Waals surface area contributed by atoms with E-state index in [1.165, 1.54) is 22.3 Å². The zero-order valence-corrected chi connectivity index (χ0v) is 19.0. The van der Waals surface area contributed by atoms with Gasteiger partial charge in [-0.15, -0.1) is 42.5 Å². The van der Waals surface area contributed by atoms with Crippen LogP contribution in [0.3, 0.4) is 0 Å². The Hall–Kier alpha value is -0.216. The first-order valence-electron chi connectivity index (χ1n) is 8.20. The van der Waals surface area contributed by atoms with E-state index in [0.29, 0.717) is 6.54 Å². The average molecular weight is 419 g/mol. The number of benzene rings is 1. The predicted molar refractivity (Wildman–Crippen MR) is 113 cm³/mol. The third kappa shape index (κ3) is 11.2. The van der Waals surface area contributed by atoms with Crippen molar-refractivity contribution >= 4 is 30.4 Å². The van der Waals surface area contributed by atoms with Crippen molar-refractivity contribution in [2.75, 3.05) is 27.2 Å². The van der Waals surface area contributed by atoms with Crippen molar-refractivity contribution in [1.29, 1.82) is 0 Å². The van der Waals surface area contributed by atoms with Crippen LogP contribution >= 0.6 is 24.8 Å². The van der Waals surface area contributed by atoms with Crippen LogP contribution in [0.5, 0.6) is 0 Å². The first-order valence-corrected chi connectivity index (χ1v) is 8.20. The molecule has 1 N–H and O–H groups in total. The molecule has 0 fully saturated rings. The summed E-state index contributed by atoms with van der Waals surface area (Å²) in [6.07, 6.45) is 10.1. The van der Waals surface area contributed by atoms with Gasteiger partial charge in [0.05, 0.1) is 0 Å². The fraction of sp³-hybridized carbons (Fsp3) is 0.450. The van der Waals surface area contributed by atoms with E-state index in [0.717, 1.165) is 25.8 Å². The molecule has 0 bridgehead atoms. The number of unbranched alkanes of at least 4 members (excludes halogenated alkanes) is 1. The van der Waals surface area contributed by atoms with Crippen LogP contribution in [0.15, 0.2) is 42.0 Å². The Bertz CT molecular complexity index is 512. The van der Waals surface area contributed by atoms with E-state index in [2.05, 4.69) is 75.7 Å². The molecule has 0 spiro atoms. The molecule has 1 aromatic rings. The van der Waals surface area contributed by atoms with Crippen LogP contribution < -0.4 is 0 Å². The molecule has 0 amide bonds. The molecule has 5 heteroatoms. The fourth-order valence-corrected chi connectivity index (χ4v) is 2.46. The van der Waals surface area contributed by atoms with Gasteiger partial charge in [0.25, 0.3) is 0 Å². The summed E-state index contributed by atoms with van der Waals surface area (Å²) in [6.45, 7) is 5.81. The minimum Gasteiger partial charge on any atom is -0.677 e. The van der Waals surface area contributed by atoms with Gasteiger partial charge in [-0.05, 0) is 26.1 Å². The Kier molecular flexibility index (Phi) is 20.3. The molecule has 0 radical (unpaired) electrons. The van der Waals surface area contributed by atoms with Crippen molar-refractivity contribution in [3.05, 3.63) is 65.3 Å². The summed E-state index contributed by atoms with van der Waals surface area (Å²) in [5, 5.41) is 0. The van der Waals surface area contributed by atoms with Crippen molar-refractivity contribution in [3.8, 4) is 0 Å². The fourth-order valence-electron chi connectivity index (χ4n) is 2.46. The van der Waals surface area contributed by atoms with E-state index in [9.17, 15) is 0 Å². The summed E-state index contributed by atoms with van der Waals surface area (Å²) in [7, 11) is 4.22. The number of hydrogen-bond acceptors (Lipinski definition) is 1. The molecular formula is C20H32Cl2N2Ti. The molecule has 2 nitrogen and oxygen atoms in total. The van der Waals surface area contributed by atoms with Crippen LogP contribution in [-0.4, -0.2) is 32.1 Å². The quantitative estimate of drug-likeness (QED) is 0.398. The minimum absolute atomic E-state index is 0. The molecule has 2 rings (SSSR count). The smallest absolute Gasteiger partial charge is 0.677 e. The van der Waals surface area contributed by atoms with E-state index >= 15 is 0 Å². The number of rotatable bonds is 6. The molecular weight excluding hydrogens is 387 g/mol. The van der Waals surface area contributed by atoms with Gasteiger partial charge in [-0.3, -0.25) is 0 Å². The maximum Gasteiger partial charge on any atom is 2.00 e. The van der Waals surface area contributed by atoms with Crippen LogP contribution in [0.4, 0.5) is 0 Å². The summed E-state index contributed by atoms with van der Waals surface area (Å²) in [4.78, 5) is 2.21. The normalized spacial score (nSPS) is 11.8. The van der Waals surface area contributed by atoms with Gasteiger partial charge >= 0.3 is 21.7 Å². The second-order valence-electron chi connectivity index (χ2n) is 5.87. The number of likely N-dealkylation sites (N-methyl/N-ethyl adjacent to an activating group) is 1. The number of halogens is 2. The van der Waals surface area contributed by atoms with Crippen molar-refractivity contribution in [3.63, 3.8) is 0 Å². The molecule has 0 unspecified atom stereocenters. The van der Waals surface area contributed by atoms with Gasteiger partial charge in [0.1, 0.15) is 0 Å². The third-order valence-corrected chi connectivity index (χ3v) is 3.59. The summed E-state index contributed by atoms with van der Waals surface area (Å²) in [5.41, 5.74) is 12.2. The molecule has 140 valence electrons. The van der Waals surface area contributed by atoms with Crippen LogP contribution in [0, 0.1) is 6.42 Å². The van der Waals surface area contributed by atoms with Crippen molar-refractivity contribution in [1.82, 2.24) is 4.90 Å². The Morgan fingerprint density at radius 3 is 2.28 bits per heavy atom. The van der Waals surface area contributed by atoms with E-state index in [1.807, 2.05) is 0 Å². The van der Waals surface area contributed by atoms with E-state index in [1.54, 1.807) is 0 Å². The Morgan fingerprint density at radius 2 is 1.80 bits per heavy atom. The monoisotopic (exact) mass is 418 g/mol. The summed E-state index contributed by atoms with van der Waals surface area (Å²) in [5.74, 6) is 0. The van der Waals surface area contributed by atoms with Crippen LogP contribution in [-0.2, 0) is 21.7 Å². The second kappa shape index (κ2) is 17.2. The molecule has 0 atom stereocenters. The zero-order chi connectivity index (χ0) is 16.4. The average Bonchev–Trinajstić information content (AvgIpc) is 2.96. The first kappa shape index (κ1) is 29.5. The number of allylic oxidation sites excluding steroid dienone is 2. The second-order valence-corrected chi connectivity index (χ2v) is 5.87. The number of nitrogens with zero attached hydrogens (tertiary/aromatic N) is 1. The Morgan fingerprint density at radius 1 is 1.16 bits per heavy atom. The molecule has 0 aliphatic heterocycles. The zero-order valence-electron chi connectivity index (χ0n) is 15.8. The van der Waals surface area contributed by atoms with Crippen LogP contribution in [0.2, 0.25) is 0 Å². The third-order valence-electron chi connectivity index (χ3n) is 3.59. The molecule has 0 heterocycles. The van der Waals surface area contributed by atoms with Crippen molar-refractivity contribution < 1.29 is 21.7 Å². The van der Waals surface area contributed by atoms with Crippen LogP contribution in [0.25, 0.3) is 11.3 Å². The summed E-state index contributed by atoms with van der Waals surface area (Å²) >= 11 is 0. The minimum atomic E-state index is 0. The largest absolute Gasteiger partial charge is 2.00 e. The van der Waals surface area contributed by atoms with Gasteiger partial charge in [-0.2, -0.15) is 24.6 Å². The van der Waals surface area contributed by atoms with Gasteiger partial charge in [0.2, 0.25) is 0 Å². The topological polar surface area (TPSA) is 27.0 Å². The molecule has 1 aromatic carbocycles. The van der Waals surface area contributed by atoms with E-state index in [-0.39, 0.29) is 46.5 Å². The molecule has 1 aliphatic rings. The molecule has 25 heavy (non-hydrogen) atoms. The van der Waals surface area contributed by atoms with Crippen molar-refractivity contribution in [2.45, 2.75) is 33.1 Å². The van der Waals surface area contributed by atoms with Crippen LogP contribution in [0.1, 0.15) is 44.2 Å². The van der Waals surface area contributed by atoms with Gasteiger partial charge in [-0.1, -0.05) is 50.5 Å². The van der Waals surface area contributed by atoms with Gasteiger partial charge in [0, 0.05) is 6.54 Å². The Labute approximate surface area is 182 Å².